The molecule has 0 unspecified atom stereocenters. The number of ether oxygens (including phenoxy) is 2. The molecule has 286 valence electrons. The smallest absolute Gasteiger partial charge is 0.321 e. The van der Waals surface area contributed by atoms with Gasteiger partial charge in [-0.3, -0.25) is 24.2 Å². The number of carboxylic acids is 2. The summed E-state index contributed by atoms with van der Waals surface area (Å²) in [7, 11) is 1.70. The number of thioether (sulfide) groups is 1. The van der Waals surface area contributed by atoms with Crippen molar-refractivity contribution >= 4 is 52.4 Å². The van der Waals surface area contributed by atoms with Crippen LogP contribution in [-0.4, -0.2) is 136 Å². The van der Waals surface area contributed by atoms with E-state index in [9.17, 15) is 14.4 Å². The second-order valence-electron chi connectivity index (χ2n) is 12.8. The number of rotatable bonds is 23. The topological polar surface area (TPSA) is 223 Å². The molecule has 1 saturated heterocycles. The number of nitrogens with two attached hydrogens (primary N) is 2. The monoisotopic (exact) mass is 743 g/mol. The first-order valence-electron chi connectivity index (χ1n) is 17.7. The third-order valence-electron chi connectivity index (χ3n) is 8.81. The summed E-state index contributed by atoms with van der Waals surface area (Å²) in [5.41, 5.74) is 15.4. The number of aliphatic carboxylic acids is 2. The first-order valence-corrected chi connectivity index (χ1v) is 18.8. The number of carbonyl (C=O) groups is 3. The van der Waals surface area contributed by atoms with Crippen molar-refractivity contribution in [1.29, 1.82) is 0 Å². The van der Waals surface area contributed by atoms with Gasteiger partial charge in [-0.25, -0.2) is 4.98 Å². The predicted molar refractivity (Wildman–Crippen MR) is 202 cm³/mol. The summed E-state index contributed by atoms with van der Waals surface area (Å²) in [6.45, 7) is 9.83. The van der Waals surface area contributed by atoms with E-state index in [1.165, 1.54) is 5.56 Å². The van der Waals surface area contributed by atoms with Gasteiger partial charge in [-0.05, 0) is 24.1 Å². The maximum atomic E-state index is 12.5. The lowest BCUT2D eigenvalue weighted by Crippen LogP contribution is -2.46. The second kappa shape index (κ2) is 20.8. The van der Waals surface area contributed by atoms with Gasteiger partial charge in [-0.15, -0.1) is 11.8 Å². The zero-order valence-corrected chi connectivity index (χ0v) is 30.9. The molecule has 2 atom stereocenters. The molecule has 0 saturated carbocycles. The summed E-state index contributed by atoms with van der Waals surface area (Å²) in [4.78, 5) is 48.3. The minimum absolute atomic E-state index is 0.0662. The second-order valence-corrected chi connectivity index (χ2v) is 14.0. The van der Waals surface area contributed by atoms with Crippen molar-refractivity contribution < 1.29 is 34.1 Å². The lowest BCUT2D eigenvalue weighted by Gasteiger charge is -2.34. The molecule has 52 heavy (non-hydrogen) atoms. The van der Waals surface area contributed by atoms with Crippen LogP contribution in [0.4, 0.5) is 11.8 Å². The van der Waals surface area contributed by atoms with Crippen LogP contribution in [0.1, 0.15) is 43.7 Å². The number of fused-ring (bicyclic) bond motifs is 1. The van der Waals surface area contributed by atoms with Gasteiger partial charge in [0.25, 0.3) is 0 Å². The number of carbonyl (C=O) groups excluding carboxylic acids is 1. The number of benzene rings is 1. The van der Waals surface area contributed by atoms with Crippen molar-refractivity contribution in [3.8, 4) is 5.75 Å². The van der Waals surface area contributed by atoms with Crippen molar-refractivity contribution in [3.05, 3.63) is 41.6 Å². The average Bonchev–Trinajstić information content (AvgIpc) is 3.52. The molecular weight excluding hydrogens is 691 g/mol. The number of piperazine rings is 1. The summed E-state index contributed by atoms with van der Waals surface area (Å²) in [6.07, 6.45) is 4.94. The van der Waals surface area contributed by atoms with E-state index in [0.29, 0.717) is 13.2 Å². The Bertz CT molecular complexity index is 1620. The Hall–Kier alpha value is -4.16. The number of nitrogen functional groups attached to an aromatic ring is 1. The molecule has 1 amide bonds. The maximum Gasteiger partial charge on any atom is 0.321 e. The number of aromatic nitrogens is 3. The number of methoxy groups -OCH3 is 1. The van der Waals surface area contributed by atoms with Crippen molar-refractivity contribution in [2.45, 2.75) is 57.0 Å². The van der Waals surface area contributed by atoms with Gasteiger partial charge in [0.1, 0.15) is 17.3 Å². The van der Waals surface area contributed by atoms with Crippen LogP contribution >= 0.6 is 11.8 Å². The SMILES string of the molecule is CCCCCNc1nc(N)nc2ccn(Cc3ccc(CN4CCN(CCOCCNC(=O)[C@H](CC(=O)O)SC[C@H](N)C(=O)O)CC4)cc3OC)c12. The van der Waals surface area contributed by atoms with Crippen LogP contribution in [0.5, 0.6) is 5.75 Å². The summed E-state index contributed by atoms with van der Waals surface area (Å²) in [6, 6.07) is 7.19. The van der Waals surface area contributed by atoms with E-state index in [4.69, 9.17) is 31.2 Å². The number of unbranched alkanes of at least 4 members (excludes halogenated alkanes) is 2. The van der Waals surface area contributed by atoms with Crippen molar-refractivity contribution in [3.63, 3.8) is 0 Å². The molecule has 0 bridgehead atoms. The number of hydrogen-bond donors (Lipinski definition) is 6. The normalized spacial score (nSPS) is 15.0. The minimum Gasteiger partial charge on any atom is -0.496 e. The van der Waals surface area contributed by atoms with Crippen LogP contribution in [0, 0.1) is 0 Å². The highest BCUT2D eigenvalue weighted by Crippen LogP contribution is 2.27. The van der Waals surface area contributed by atoms with E-state index in [2.05, 4.69) is 60.1 Å². The van der Waals surface area contributed by atoms with Crippen LogP contribution in [0.3, 0.4) is 0 Å². The quantitative estimate of drug-likeness (QED) is 0.0764. The highest BCUT2D eigenvalue weighted by molar-refractivity contribution is 8.00. The molecule has 0 spiro atoms. The first-order chi connectivity index (χ1) is 25.1. The third kappa shape index (κ3) is 12.5. The fourth-order valence-electron chi connectivity index (χ4n) is 5.93. The molecule has 1 fully saturated rings. The van der Waals surface area contributed by atoms with Crippen LogP contribution < -0.4 is 26.8 Å². The molecular formula is C35H53N9O7S. The molecule has 16 nitrogen and oxygen atoms in total. The number of amides is 1. The van der Waals surface area contributed by atoms with E-state index >= 15 is 0 Å². The standard InChI is InChI=1S/C35H53N9O7S/c1-3-4-5-9-38-32-31-27(40-35(37)41-32)8-11-44(31)22-25-7-6-24(19-28(25)50-2)21-43-14-12-42(13-15-43)16-18-51-17-10-39-33(47)29(20-30(45)46)52-23-26(36)34(48)49/h6-8,11,19,26,29H,3-5,9-10,12-18,20-23,36H2,1-2H3,(H,39,47)(H,45,46)(H,48,49)(H3,37,38,40,41)/t26-,29-/m0/s1. The van der Waals surface area contributed by atoms with Crippen LogP contribution in [0.2, 0.25) is 0 Å². The van der Waals surface area contributed by atoms with Gasteiger partial charge in [0.2, 0.25) is 11.9 Å². The van der Waals surface area contributed by atoms with E-state index in [-0.39, 0.29) is 24.9 Å². The molecule has 4 rings (SSSR count). The predicted octanol–water partition coefficient (Wildman–Crippen LogP) is 1.91. The Balaban J connectivity index is 1.19. The first kappa shape index (κ1) is 40.6. The Labute approximate surface area is 308 Å². The fraction of sp³-hybridized carbons (Fsp3) is 0.571. The van der Waals surface area contributed by atoms with Crippen molar-refractivity contribution in [1.82, 2.24) is 29.7 Å². The molecule has 0 aliphatic carbocycles. The van der Waals surface area contributed by atoms with Crippen LogP contribution in [0.25, 0.3) is 11.0 Å². The highest BCUT2D eigenvalue weighted by atomic mass is 32.2. The number of carboxylic acid groups (broad SMARTS) is 2. The van der Waals surface area contributed by atoms with Crippen LogP contribution in [-0.2, 0) is 32.2 Å². The average molecular weight is 744 g/mol. The fourth-order valence-corrected chi connectivity index (χ4v) is 7.00. The van der Waals surface area contributed by atoms with Gasteiger partial charge in [-0.2, -0.15) is 4.98 Å². The van der Waals surface area contributed by atoms with Gasteiger partial charge in [0.05, 0.1) is 44.1 Å². The Kier molecular flexibility index (Phi) is 16.2. The lowest BCUT2D eigenvalue weighted by molar-refractivity contribution is -0.138. The van der Waals surface area contributed by atoms with Crippen molar-refractivity contribution in [2.75, 3.05) is 82.9 Å². The van der Waals surface area contributed by atoms with E-state index in [1.54, 1.807) is 7.11 Å². The highest BCUT2D eigenvalue weighted by Gasteiger charge is 2.25. The largest absolute Gasteiger partial charge is 0.496 e. The molecule has 1 aliphatic heterocycles. The Morgan fingerprint density at radius 3 is 2.50 bits per heavy atom. The maximum absolute atomic E-state index is 12.5. The molecule has 17 heteroatoms. The zero-order chi connectivity index (χ0) is 37.5. The van der Waals surface area contributed by atoms with Crippen molar-refractivity contribution in [2.24, 2.45) is 5.73 Å². The van der Waals surface area contributed by atoms with Gasteiger partial charge in [0, 0.05) is 69.9 Å². The molecule has 2 aromatic heterocycles. The Morgan fingerprint density at radius 2 is 1.79 bits per heavy atom. The summed E-state index contributed by atoms with van der Waals surface area (Å²) in [5.74, 6) is -1.07. The van der Waals surface area contributed by atoms with Crippen LogP contribution in [0.15, 0.2) is 30.5 Å². The van der Waals surface area contributed by atoms with Gasteiger partial charge >= 0.3 is 11.9 Å². The third-order valence-corrected chi connectivity index (χ3v) is 10.1. The number of hydrogen-bond acceptors (Lipinski definition) is 13. The van der Waals surface area contributed by atoms with Gasteiger partial charge < -0.3 is 46.4 Å². The van der Waals surface area contributed by atoms with Gasteiger partial charge in [-0.1, -0.05) is 31.9 Å². The molecule has 1 aliphatic rings. The number of nitrogens with zero attached hydrogens (tertiary/aromatic N) is 5. The summed E-state index contributed by atoms with van der Waals surface area (Å²) >= 11 is 0.922. The van der Waals surface area contributed by atoms with Gasteiger partial charge in [0.15, 0.2) is 5.82 Å². The van der Waals surface area contributed by atoms with E-state index < -0.39 is 35.6 Å². The zero-order valence-electron chi connectivity index (χ0n) is 30.1. The summed E-state index contributed by atoms with van der Waals surface area (Å²) < 4.78 is 13.7. The van der Waals surface area contributed by atoms with E-state index in [1.807, 2.05) is 12.3 Å². The van der Waals surface area contributed by atoms with E-state index in [0.717, 1.165) is 105 Å². The Morgan fingerprint density at radius 1 is 1.02 bits per heavy atom. The number of anilines is 2. The molecule has 3 heterocycles. The summed E-state index contributed by atoms with van der Waals surface area (Å²) in [5, 5.41) is 23.2. The molecule has 0 radical (unpaired) electrons. The lowest BCUT2D eigenvalue weighted by atomic mass is 10.1. The minimum atomic E-state index is -1.20. The molecule has 3 aromatic rings. The molecule has 8 N–H and O–H groups in total. The number of nitrogens with one attached hydrogen (secondary N) is 2. The molecule has 1 aromatic carbocycles.